The van der Waals surface area contributed by atoms with E-state index in [0.717, 1.165) is 12.8 Å². The van der Waals surface area contributed by atoms with Crippen molar-refractivity contribution in [1.82, 2.24) is 10.2 Å². The Morgan fingerprint density at radius 1 is 1.14 bits per heavy atom. The maximum Gasteiger partial charge on any atom is 0.246 e. The first-order chi connectivity index (χ1) is 9.85. The summed E-state index contributed by atoms with van der Waals surface area (Å²) in [7, 11) is 0. The Labute approximate surface area is 128 Å². The van der Waals surface area contributed by atoms with Gasteiger partial charge in [0, 0.05) is 6.04 Å². The second-order valence-corrected chi connectivity index (χ2v) is 7.48. The van der Waals surface area contributed by atoms with Gasteiger partial charge in [-0.05, 0) is 43.4 Å². The molecule has 1 aliphatic heterocycles. The summed E-state index contributed by atoms with van der Waals surface area (Å²) in [6.45, 7) is 10.6. The molecule has 0 radical (unpaired) electrons. The molecule has 1 N–H and O–H groups in total. The Morgan fingerprint density at radius 2 is 1.71 bits per heavy atom. The molecule has 0 bridgehead atoms. The van der Waals surface area contributed by atoms with E-state index in [4.69, 9.17) is 0 Å². The standard InChI is InChI=1S/C17H30N2O2/c1-6-14-17(21)19(15(10(2)3)16(20)18-14)13-8-11(4)7-12(5)9-13/h10-15H,6-9H2,1-5H3,(H,18,20). The Morgan fingerprint density at radius 3 is 2.19 bits per heavy atom. The summed E-state index contributed by atoms with van der Waals surface area (Å²) in [6, 6.07) is -0.411. The van der Waals surface area contributed by atoms with E-state index in [1.54, 1.807) is 0 Å². The average molecular weight is 294 g/mol. The van der Waals surface area contributed by atoms with Crippen molar-refractivity contribution in [3.8, 4) is 0 Å². The molecule has 0 aromatic carbocycles. The highest BCUT2D eigenvalue weighted by Gasteiger charge is 2.45. The molecule has 4 unspecified atom stereocenters. The first-order valence-corrected chi connectivity index (χ1v) is 8.47. The van der Waals surface area contributed by atoms with Crippen molar-refractivity contribution < 1.29 is 9.59 Å². The molecule has 2 amide bonds. The van der Waals surface area contributed by atoms with Crippen molar-refractivity contribution in [2.45, 2.75) is 78.4 Å². The van der Waals surface area contributed by atoms with E-state index in [9.17, 15) is 9.59 Å². The van der Waals surface area contributed by atoms with Crippen LogP contribution < -0.4 is 5.32 Å². The minimum atomic E-state index is -0.333. The fourth-order valence-corrected chi connectivity index (χ4v) is 4.20. The van der Waals surface area contributed by atoms with Gasteiger partial charge in [0.1, 0.15) is 12.1 Å². The molecule has 0 aromatic rings. The molecule has 120 valence electrons. The number of carbonyl (C=O) groups excluding carboxylic acids is 2. The maximum absolute atomic E-state index is 12.8. The zero-order chi connectivity index (χ0) is 15.7. The van der Waals surface area contributed by atoms with Gasteiger partial charge in [0.15, 0.2) is 0 Å². The van der Waals surface area contributed by atoms with Gasteiger partial charge >= 0.3 is 0 Å². The summed E-state index contributed by atoms with van der Waals surface area (Å²) in [4.78, 5) is 27.3. The summed E-state index contributed by atoms with van der Waals surface area (Å²) < 4.78 is 0. The van der Waals surface area contributed by atoms with Gasteiger partial charge in [-0.25, -0.2) is 0 Å². The maximum atomic E-state index is 12.8. The van der Waals surface area contributed by atoms with Gasteiger partial charge in [-0.2, -0.15) is 0 Å². The molecule has 4 nitrogen and oxygen atoms in total. The van der Waals surface area contributed by atoms with Gasteiger partial charge < -0.3 is 10.2 Å². The van der Waals surface area contributed by atoms with Crippen molar-refractivity contribution in [2.75, 3.05) is 0 Å². The highest BCUT2D eigenvalue weighted by Crippen LogP contribution is 2.35. The third-order valence-electron chi connectivity index (χ3n) is 5.02. The molecule has 1 aliphatic carbocycles. The average Bonchev–Trinajstić information content (AvgIpc) is 2.38. The Balaban J connectivity index is 2.29. The Bertz CT molecular complexity index is 398. The van der Waals surface area contributed by atoms with Crippen LogP contribution in [0.15, 0.2) is 0 Å². The van der Waals surface area contributed by atoms with Crippen LogP contribution in [-0.4, -0.2) is 34.8 Å². The molecule has 1 saturated heterocycles. The quantitative estimate of drug-likeness (QED) is 0.869. The molecular weight excluding hydrogens is 264 g/mol. The lowest BCUT2D eigenvalue weighted by atomic mass is 9.78. The second-order valence-electron chi connectivity index (χ2n) is 7.48. The zero-order valence-corrected chi connectivity index (χ0v) is 14.1. The van der Waals surface area contributed by atoms with Crippen LogP contribution in [0.25, 0.3) is 0 Å². The van der Waals surface area contributed by atoms with Gasteiger partial charge in [-0.1, -0.05) is 34.6 Å². The van der Waals surface area contributed by atoms with Crippen LogP contribution in [0.2, 0.25) is 0 Å². The van der Waals surface area contributed by atoms with Crippen LogP contribution in [-0.2, 0) is 9.59 Å². The molecular formula is C17H30N2O2. The largest absolute Gasteiger partial charge is 0.343 e. The lowest BCUT2D eigenvalue weighted by Gasteiger charge is -2.48. The Hall–Kier alpha value is -1.06. The van der Waals surface area contributed by atoms with Crippen LogP contribution in [0.3, 0.4) is 0 Å². The topological polar surface area (TPSA) is 49.4 Å². The van der Waals surface area contributed by atoms with Gasteiger partial charge in [-0.15, -0.1) is 0 Å². The van der Waals surface area contributed by atoms with Crippen LogP contribution in [0.1, 0.15) is 60.3 Å². The molecule has 1 heterocycles. The summed E-state index contributed by atoms with van der Waals surface area (Å²) in [5.74, 6) is 1.57. The van der Waals surface area contributed by atoms with E-state index in [1.807, 2.05) is 25.7 Å². The van der Waals surface area contributed by atoms with Crippen molar-refractivity contribution in [3.63, 3.8) is 0 Å². The molecule has 1 saturated carbocycles. The fraction of sp³-hybridized carbons (Fsp3) is 0.882. The number of rotatable bonds is 3. The van der Waals surface area contributed by atoms with Crippen molar-refractivity contribution in [1.29, 1.82) is 0 Å². The van der Waals surface area contributed by atoms with E-state index >= 15 is 0 Å². The minimum Gasteiger partial charge on any atom is -0.343 e. The molecule has 2 aliphatic rings. The van der Waals surface area contributed by atoms with E-state index in [-0.39, 0.29) is 35.9 Å². The molecule has 0 aromatic heterocycles. The number of nitrogens with zero attached hydrogens (tertiary/aromatic N) is 1. The van der Waals surface area contributed by atoms with E-state index < -0.39 is 0 Å². The lowest BCUT2D eigenvalue weighted by molar-refractivity contribution is -0.156. The molecule has 2 rings (SSSR count). The molecule has 0 spiro atoms. The highest BCUT2D eigenvalue weighted by atomic mass is 16.2. The molecule has 4 atom stereocenters. The number of hydrogen-bond acceptors (Lipinski definition) is 2. The van der Waals surface area contributed by atoms with Crippen molar-refractivity contribution in [3.05, 3.63) is 0 Å². The second kappa shape index (κ2) is 6.37. The third-order valence-corrected chi connectivity index (χ3v) is 5.02. The first kappa shape index (κ1) is 16.3. The normalized spacial score (nSPS) is 37.8. The van der Waals surface area contributed by atoms with Gasteiger partial charge in [0.2, 0.25) is 11.8 Å². The van der Waals surface area contributed by atoms with Crippen LogP contribution >= 0.6 is 0 Å². The summed E-state index contributed by atoms with van der Waals surface area (Å²) in [5, 5.41) is 2.91. The number of carbonyl (C=O) groups is 2. The lowest BCUT2D eigenvalue weighted by Crippen LogP contribution is -2.67. The first-order valence-electron chi connectivity index (χ1n) is 8.47. The predicted molar refractivity (Wildman–Crippen MR) is 83.7 cm³/mol. The molecule has 4 heteroatoms. The number of amides is 2. The number of piperazine rings is 1. The van der Waals surface area contributed by atoms with Crippen LogP contribution in [0.4, 0.5) is 0 Å². The van der Waals surface area contributed by atoms with Crippen molar-refractivity contribution in [2.24, 2.45) is 17.8 Å². The van der Waals surface area contributed by atoms with Crippen molar-refractivity contribution >= 4 is 11.8 Å². The Kier molecular flexibility index (Phi) is 4.95. The van der Waals surface area contributed by atoms with Gasteiger partial charge in [0.25, 0.3) is 0 Å². The van der Waals surface area contributed by atoms with E-state index in [0.29, 0.717) is 18.3 Å². The van der Waals surface area contributed by atoms with Crippen LogP contribution in [0.5, 0.6) is 0 Å². The molecule has 2 fully saturated rings. The van der Waals surface area contributed by atoms with Gasteiger partial charge in [0.05, 0.1) is 0 Å². The van der Waals surface area contributed by atoms with Gasteiger partial charge in [-0.3, -0.25) is 9.59 Å². The summed E-state index contributed by atoms with van der Waals surface area (Å²) in [5.41, 5.74) is 0. The predicted octanol–water partition coefficient (Wildman–Crippen LogP) is 2.57. The SMILES string of the molecule is CCC1NC(=O)C(C(C)C)N(C2CC(C)CC(C)C2)C1=O. The van der Waals surface area contributed by atoms with E-state index in [1.165, 1.54) is 6.42 Å². The smallest absolute Gasteiger partial charge is 0.246 e. The van der Waals surface area contributed by atoms with E-state index in [2.05, 4.69) is 19.2 Å². The summed E-state index contributed by atoms with van der Waals surface area (Å²) in [6.07, 6.45) is 3.96. The minimum absolute atomic E-state index is 0.0299. The summed E-state index contributed by atoms with van der Waals surface area (Å²) >= 11 is 0. The monoisotopic (exact) mass is 294 g/mol. The van der Waals surface area contributed by atoms with Crippen LogP contribution in [0, 0.1) is 17.8 Å². The zero-order valence-electron chi connectivity index (χ0n) is 14.1. The highest BCUT2D eigenvalue weighted by molar-refractivity contribution is 5.97. The number of nitrogens with one attached hydrogen (secondary N) is 1. The third kappa shape index (κ3) is 3.24. The molecule has 21 heavy (non-hydrogen) atoms. The number of hydrogen-bond donors (Lipinski definition) is 1. The fourth-order valence-electron chi connectivity index (χ4n) is 4.20.